The van der Waals surface area contributed by atoms with Crippen LogP contribution in [0.3, 0.4) is 0 Å². The molecule has 3 rings (SSSR count). The van der Waals surface area contributed by atoms with Crippen molar-refractivity contribution >= 4 is 40.3 Å². The lowest BCUT2D eigenvalue weighted by molar-refractivity contribution is 0.103. The van der Waals surface area contributed by atoms with Crippen LogP contribution in [0.5, 0.6) is 0 Å². The van der Waals surface area contributed by atoms with E-state index >= 15 is 0 Å². The Kier molecular flexibility index (Phi) is 5.11. The SMILES string of the molecule is Cc1ccc(C(=O)Nc2ccc(NC(=O)Nc3ccccc3)cc2)s1. The average Bonchev–Trinajstić information content (AvgIpc) is 3.04. The van der Waals surface area contributed by atoms with Crippen LogP contribution in [0.1, 0.15) is 14.5 Å². The van der Waals surface area contributed by atoms with Gasteiger partial charge in [0.25, 0.3) is 5.91 Å². The second-order valence-electron chi connectivity index (χ2n) is 5.39. The van der Waals surface area contributed by atoms with Gasteiger partial charge in [-0.05, 0) is 55.5 Å². The van der Waals surface area contributed by atoms with E-state index < -0.39 is 0 Å². The van der Waals surface area contributed by atoms with E-state index in [1.165, 1.54) is 11.3 Å². The van der Waals surface area contributed by atoms with E-state index in [2.05, 4.69) is 16.0 Å². The van der Waals surface area contributed by atoms with Crippen LogP contribution in [0.4, 0.5) is 21.9 Å². The second kappa shape index (κ2) is 7.63. The van der Waals surface area contributed by atoms with Gasteiger partial charge in [-0.15, -0.1) is 11.3 Å². The molecule has 3 N–H and O–H groups in total. The highest BCUT2D eigenvalue weighted by Crippen LogP contribution is 2.19. The summed E-state index contributed by atoms with van der Waals surface area (Å²) < 4.78 is 0. The topological polar surface area (TPSA) is 70.2 Å². The molecule has 6 heteroatoms. The maximum Gasteiger partial charge on any atom is 0.323 e. The smallest absolute Gasteiger partial charge is 0.321 e. The number of carbonyl (C=O) groups excluding carboxylic acids is 2. The summed E-state index contributed by atoms with van der Waals surface area (Å²) in [7, 11) is 0. The molecule has 1 heterocycles. The fraction of sp³-hybridized carbons (Fsp3) is 0.0526. The van der Waals surface area contributed by atoms with Crippen LogP contribution in [-0.2, 0) is 0 Å². The largest absolute Gasteiger partial charge is 0.323 e. The van der Waals surface area contributed by atoms with Crippen LogP contribution in [0.25, 0.3) is 0 Å². The summed E-state index contributed by atoms with van der Waals surface area (Å²) in [5, 5.41) is 8.32. The molecule has 2 aromatic carbocycles. The highest BCUT2D eigenvalue weighted by atomic mass is 32.1. The first kappa shape index (κ1) is 16.7. The predicted octanol–water partition coefficient (Wildman–Crippen LogP) is 4.95. The van der Waals surface area contributed by atoms with E-state index in [1.54, 1.807) is 30.3 Å². The Balaban J connectivity index is 1.56. The number of anilines is 3. The number of para-hydroxylation sites is 1. The standard InChI is InChI=1S/C19H17N3O2S/c1-13-7-12-17(25-13)18(23)20-15-8-10-16(11-9-15)22-19(24)21-14-5-3-2-4-6-14/h2-12H,1H3,(H,20,23)(H2,21,22,24). The zero-order chi connectivity index (χ0) is 17.6. The molecule has 1 aromatic heterocycles. The number of aryl methyl sites for hydroxylation is 1. The number of hydrogen-bond donors (Lipinski definition) is 3. The van der Waals surface area contributed by atoms with Crippen molar-refractivity contribution in [3.63, 3.8) is 0 Å². The first-order valence-electron chi connectivity index (χ1n) is 7.71. The van der Waals surface area contributed by atoms with E-state index in [0.717, 1.165) is 10.6 Å². The van der Waals surface area contributed by atoms with E-state index in [-0.39, 0.29) is 11.9 Å². The number of amides is 3. The minimum atomic E-state index is -0.322. The highest BCUT2D eigenvalue weighted by molar-refractivity contribution is 7.14. The van der Waals surface area contributed by atoms with Crippen LogP contribution in [0.15, 0.2) is 66.7 Å². The maximum absolute atomic E-state index is 12.1. The predicted molar refractivity (Wildman–Crippen MR) is 103 cm³/mol. The molecule has 0 saturated heterocycles. The maximum atomic E-state index is 12.1. The number of carbonyl (C=O) groups is 2. The third-order valence-electron chi connectivity index (χ3n) is 3.40. The van der Waals surface area contributed by atoms with Crippen molar-refractivity contribution in [2.75, 3.05) is 16.0 Å². The fourth-order valence-corrected chi connectivity index (χ4v) is 2.96. The Morgan fingerprint density at radius 2 is 1.28 bits per heavy atom. The van der Waals surface area contributed by atoms with E-state index in [0.29, 0.717) is 16.3 Å². The molecule has 25 heavy (non-hydrogen) atoms. The monoisotopic (exact) mass is 351 g/mol. The van der Waals surface area contributed by atoms with Gasteiger partial charge in [-0.2, -0.15) is 0 Å². The molecule has 0 aliphatic carbocycles. The molecular weight excluding hydrogens is 334 g/mol. The first-order chi connectivity index (χ1) is 12.1. The van der Waals surface area contributed by atoms with Crippen LogP contribution < -0.4 is 16.0 Å². The molecule has 0 bridgehead atoms. The summed E-state index contributed by atoms with van der Waals surface area (Å²) in [6.45, 7) is 1.96. The molecule has 3 aromatic rings. The van der Waals surface area contributed by atoms with Gasteiger partial charge in [-0.1, -0.05) is 18.2 Å². The third-order valence-corrected chi connectivity index (χ3v) is 4.40. The molecule has 0 fully saturated rings. The Labute approximate surface area is 149 Å². The van der Waals surface area contributed by atoms with Gasteiger partial charge in [0.2, 0.25) is 0 Å². The van der Waals surface area contributed by atoms with Gasteiger partial charge in [0, 0.05) is 21.9 Å². The molecular formula is C19H17N3O2S. The normalized spacial score (nSPS) is 10.1. The van der Waals surface area contributed by atoms with E-state index in [4.69, 9.17) is 0 Å². The zero-order valence-electron chi connectivity index (χ0n) is 13.6. The van der Waals surface area contributed by atoms with Gasteiger partial charge < -0.3 is 16.0 Å². The number of rotatable bonds is 4. The number of benzene rings is 2. The van der Waals surface area contributed by atoms with Gasteiger partial charge in [0.1, 0.15) is 0 Å². The van der Waals surface area contributed by atoms with Crippen LogP contribution in [0.2, 0.25) is 0 Å². The molecule has 0 aliphatic rings. The summed E-state index contributed by atoms with van der Waals surface area (Å²) in [6.07, 6.45) is 0. The zero-order valence-corrected chi connectivity index (χ0v) is 14.4. The fourth-order valence-electron chi connectivity index (χ4n) is 2.20. The lowest BCUT2D eigenvalue weighted by atomic mass is 10.2. The van der Waals surface area contributed by atoms with Crippen molar-refractivity contribution in [1.82, 2.24) is 0 Å². The molecule has 0 atom stereocenters. The van der Waals surface area contributed by atoms with Crippen molar-refractivity contribution < 1.29 is 9.59 Å². The average molecular weight is 351 g/mol. The van der Waals surface area contributed by atoms with Crippen molar-refractivity contribution in [1.29, 1.82) is 0 Å². The Morgan fingerprint density at radius 3 is 1.84 bits per heavy atom. The molecule has 0 saturated carbocycles. The summed E-state index contributed by atoms with van der Waals surface area (Å²) in [4.78, 5) is 25.8. The number of nitrogens with one attached hydrogen (secondary N) is 3. The lowest BCUT2D eigenvalue weighted by Gasteiger charge is -2.09. The molecule has 5 nitrogen and oxygen atoms in total. The van der Waals surface area contributed by atoms with E-state index in [9.17, 15) is 9.59 Å². The first-order valence-corrected chi connectivity index (χ1v) is 8.53. The molecule has 0 aliphatic heterocycles. The van der Waals surface area contributed by atoms with Crippen LogP contribution >= 0.6 is 11.3 Å². The van der Waals surface area contributed by atoms with Gasteiger partial charge >= 0.3 is 6.03 Å². The second-order valence-corrected chi connectivity index (χ2v) is 6.67. The number of urea groups is 1. The third kappa shape index (κ3) is 4.68. The summed E-state index contributed by atoms with van der Waals surface area (Å²) in [5.41, 5.74) is 2.03. The van der Waals surface area contributed by atoms with Gasteiger partial charge in [0.15, 0.2) is 0 Å². The molecule has 0 spiro atoms. The lowest BCUT2D eigenvalue weighted by Crippen LogP contribution is -2.19. The van der Waals surface area contributed by atoms with Crippen molar-refractivity contribution in [3.8, 4) is 0 Å². The molecule has 126 valence electrons. The minimum absolute atomic E-state index is 0.138. The Bertz CT molecular complexity index is 873. The van der Waals surface area contributed by atoms with Crippen LogP contribution in [-0.4, -0.2) is 11.9 Å². The van der Waals surface area contributed by atoms with Crippen molar-refractivity contribution in [2.24, 2.45) is 0 Å². The molecule has 0 unspecified atom stereocenters. The molecule has 0 radical (unpaired) electrons. The van der Waals surface area contributed by atoms with Crippen molar-refractivity contribution in [3.05, 3.63) is 76.5 Å². The minimum Gasteiger partial charge on any atom is -0.321 e. The van der Waals surface area contributed by atoms with Gasteiger partial charge in [0.05, 0.1) is 4.88 Å². The summed E-state index contributed by atoms with van der Waals surface area (Å²) >= 11 is 1.45. The number of thiophene rings is 1. The van der Waals surface area contributed by atoms with Crippen molar-refractivity contribution in [2.45, 2.75) is 6.92 Å². The van der Waals surface area contributed by atoms with Gasteiger partial charge in [-0.3, -0.25) is 4.79 Å². The van der Waals surface area contributed by atoms with E-state index in [1.807, 2.05) is 43.3 Å². The highest BCUT2D eigenvalue weighted by Gasteiger charge is 2.08. The summed E-state index contributed by atoms with van der Waals surface area (Å²) in [5.74, 6) is -0.138. The molecule has 3 amide bonds. The Hall–Kier alpha value is -3.12. The van der Waals surface area contributed by atoms with Crippen LogP contribution in [0, 0.1) is 6.92 Å². The number of hydrogen-bond acceptors (Lipinski definition) is 3. The van der Waals surface area contributed by atoms with Gasteiger partial charge in [-0.25, -0.2) is 4.79 Å². The quantitative estimate of drug-likeness (QED) is 0.622. The Morgan fingerprint density at radius 1 is 0.720 bits per heavy atom. The summed E-state index contributed by atoms with van der Waals surface area (Å²) in [6, 6.07) is 19.6.